The third-order valence-corrected chi connectivity index (χ3v) is 4.42. The molecule has 0 amide bonds. The highest BCUT2D eigenvalue weighted by Gasteiger charge is 2.62. The van der Waals surface area contributed by atoms with E-state index in [2.05, 4.69) is 20.8 Å². The minimum absolute atomic E-state index is 0.0991. The van der Waals surface area contributed by atoms with Gasteiger partial charge in [0.15, 0.2) is 11.5 Å². The smallest absolute Gasteiger partial charge is 0.231 e. The summed E-state index contributed by atoms with van der Waals surface area (Å²) in [7, 11) is 0. The topological polar surface area (TPSA) is 38.7 Å². The van der Waals surface area contributed by atoms with Crippen LogP contribution in [0.25, 0.3) is 0 Å². The van der Waals surface area contributed by atoms with Crippen LogP contribution in [-0.2, 0) is 5.41 Å². The monoisotopic (exact) mass is 234 g/mol. The molecule has 1 atom stereocenters. The molecule has 3 rings (SSSR count). The molecule has 0 bridgehead atoms. The van der Waals surface area contributed by atoms with Crippen molar-refractivity contribution in [2.24, 2.45) is 5.41 Å². The minimum atomic E-state index is -0.0991. The van der Waals surface area contributed by atoms with Gasteiger partial charge in [0, 0.05) is 5.41 Å². The fourth-order valence-electron chi connectivity index (χ4n) is 3.08. The average Bonchev–Trinajstić information content (AvgIpc) is 2.64. The van der Waals surface area contributed by atoms with Crippen LogP contribution in [0.15, 0.2) is 12.1 Å². The van der Waals surface area contributed by atoms with Crippen molar-refractivity contribution in [3.63, 3.8) is 0 Å². The molecule has 3 nitrogen and oxygen atoms in total. The lowest BCUT2D eigenvalue weighted by Gasteiger charge is -2.21. The van der Waals surface area contributed by atoms with Gasteiger partial charge in [0.1, 0.15) is 0 Å². The van der Waals surface area contributed by atoms with Crippen molar-refractivity contribution in [1.82, 2.24) is 0 Å². The normalized spacial score (nSPS) is 28.2. The Hall–Kier alpha value is -1.22. The van der Waals surface area contributed by atoms with Crippen molar-refractivity contribution >= 4 is 0 Å². The number of benzene rings is 1. The highest BCUT2D eigenvalue weighted by Crippen LogP contribution is 2.65. The van der Waals surface area contributed by atoms with Crippen LogP contribution < -0.4 is 9.47 Å². The highest BCUT2D eigenvalue weighted by molar-refractivity contribution is 5.53. The number of aliphatic hydroxyl groups is 1. The van der Waals surface area contributed by atoms with Gasteiger partial charge in [-0.1, -0.05) is 13.8 Å². The number of ether oxygens (including phenoxy) is 2. The van der Waals surface area contributed by atoms with E-state index in [1.54, 1.807) is 0 Å². The first kappa shape index (κ1) is 10.9. The van der Waals surface area contributed by atoms with E-state index in [0.29, 0.717) is 6.79 Å². The lowest BCUT2D eigenvalue weighted by molar-refractivity contribution is 0.174. The third kappa shape index (κ3) is 1.32. The molecule has 1 unspecified atom stereocenters. The van der Waals surface area contributed by atoms with E-state index < -0.39 is 0 Å². The van der Waals surface area contributed by atoms with Gasteiger partial charge in [-0.05, 0) is 42.0 Å². The summed E-state index contributed by atoms with van der Waals surface area (Å²) in [5.74, 6) is 1.62. The van der Waals surface area contributed by atoms with E-state index in [1.165, 1.54) is 11.1 Å². The van der Waals surface area contributed by atoms with Crippen LogP contribution >= 0.6 is 0 Å². The van der Waals surface area contributed by atoms with E-state index in [1.807, 2.05) is 12.1 Å². The van der Waals surface area contributed by atoms with Gasteiger partial charge >= 0.3 is 0 Å². The molecule has 1 N–H and O–H groups in total. The molecule has 1 heterocycles. The van der Waals surface area contributed by atoms with Gasteiger partial charge in [0.2, 0.25) is 6.79 Å². The van der Waals surface area contributed by atoms with Gasteiger partial charge in [0.25, 0.3) is 0 Å². The molecular formula is C14H18O3. The Balaban J connectivity index is 2.10. The van der Waals surface area contributed by atoms with Crippen LogP contribution in [0, 0.1) is 12.3 Å². The van der Waals surface area contributed by atoms with Gasteiger partial charge < -0.3 is 14.6 Å². The SMILES string of the molecule is Cc1cc2c(cc1C1(CO)CC1(C)C)OCO2. The Morgan fingerprint density at radius 2 is 1.82 bits per heavy atom. The Bertz CT molecular complexity index is 479. The number of hydrogen-bond donors (Lipinski definition) is 1. The molecule has 0 spiro atoms. The van der Waals surface area contributed by atoms with E-state index in [9.17, 15) is 5.11 Å². The Labute approximate surface area is 101 Å². The molecule has 0 radical (unpaired) electrons. The predicted octanol–water partition coefficient (Wildman–Crippen LogP) is 2.38. The first-order chi connectivity index (χ1) is 8.00. The van der Waals surface area contributed by atoms with Crippen molar-refractivity contribution < 1.29 is 14.6 Å². The first-order valence-electron chi connectivity index (χ1n) is 6.02. The predicted molar refractivity (Wildman–Crippen MR) is 64.5 cm³/mol. The zero-order chi connectivity index (χ0) is 12.3. The summed E-state index contributed by atoms with van der Waals surface area (Å²) in [6.07, 6.45) is 1.02. The molecule has 2 aliphatic rings. The van der Waals surface area contributed by atoms with Gasteiger partial charge in [-0.2, -0.15) is 0 Å². The maximum atomic E-state index is 9.75. The highest BCUT2D eigenvalue weighted by atomic mass is 16.7. The van der Waals surface area contributed by atoms with Gasteiger partial charge in [0.05, 0.1) is 6.61 Å². The van der Waals surface area contributed by atoms with Crippen molar-refractivity contribution in [2.45, 2.75) is 32.6 Å². The fraction of sp³-hybridized carbons (Fsp3) is 0.571. The number of hydrogen-bond acceptors (Lipinski definition) is 3. The van der Waals surface area contributed by atoms with Crippen molar-refractivity contribution in [1.29, 1.82) is 0 Å². The van der Waals surface area contributed by atoms with Gasteiger partial charge in [-0.15, -0.1) is 0 Å². The lowest BCUT2D eigenvalue weighted by Crippen LogP contribution is -2.20. The van der Waals surface area contributed by atoms with Gasteiger partial charge in [-0.3, -0.25) is 0 Å². The molecule has 3 heteroatoms. The molecule has 1 aromatic carbocycles. The van der Waals surface area contributed by atoms with Crippen LogP contribution in [0.4, 0.5) is 0 Å². The van der Waals surface area contributed by atoms with E-state index in [4.69, 9.17) is 9.47 Å². The molecule has 1 fully saturated rings. The van der Waals surface area contributed by atoms with E-state index >= 15 is 0 Å². The van der Waals surface area contributed by atoms with Crippen LogP contribution in [0.5, 0.6) is 11.5 Å². The summed E-state index contributed by atoms with van der Waals surface area (Å²) in [5, 5.41) is 9.75. The number of aryl methyl sites for hydroxylation is 1. The Morgan fingerprint density at radius 1 is 1.24 bits per heavy atom. The summed E-state index contributed by atoms with van der Waals surface area (Å²) in [6, 6.07) is 4.06. The van der Waals surface area contributed by atoms with Crippen molar-refractivity contribution in [2.75, 3.05) is 13.4 Å². The second-order valence-electron chi connectivity index (χ2n) is 5.82. The standard InChI is InChI=1S/C14H18O3/c1-9-4-11-12(17-8-16-11)5-10(9)14(7-15)6-13(14,2)3/h4-5,15H,6-8H2,1-3H3. The average molecular weight is 234 g/mol. The maximum absolute atomic E-state index is 9.75. The van der Waals surface area contributed by atoms with E-state index in [-0.39, 0.29) is 17.4 Å². The summed E-state index contributed by atoms with van der Waals surface area (Å²) >= 11 is 0. The molecule has 0 aromatic heterocycles. The van der Waals surface area contributed by atoms with Crippen LogP contribution in [0.2, 0.25) is 0 Å². The van der Waals surface area contributed by atoms with Crippen LogP contribution in [0.3, 0.4) is 0 Å². The summed E-state index contributed by atoms with van der Waals surface area (Å²) in [5.41, 5.74) is 2.45. The van der Waals surface area contributed by atoms with Crippen molar-refractivity contribution in [3.05, 3.63) is 23.3 Å². The Morgan fingerprint density at radius 3 is 2.35 bits per heavy atom. The minimum Gasteiger partial charge on any atom is -0.454 e. The summed E-state index contributed by atoms with van der Waals surface area (Å²) < 4.78 is 10.8. The zero-order valence-electron chi connectivity index (χ0n) is 10.5. The van der Waals surface area contributed by atoms with Gasteiger partial charge in [-0.25, -0.2) is 0 Å². The fourth-order valence-corrected chi connectivity index (χ4v) is 3.08. The van der Waals surface area contributed by atoms with E-state index in [0.717, 1.165) is 17.9 Å². The van der Waals surface area contributed by atoms with Crippen LogP contribution in [0.1, 0.15) is 31.4 Å². The molecule has 17 heavy (non-hydrogen) atoms. The molecule has 1 saturated carbocycles. The summed E-state index contributed by atoms with van der Waals surface area (Å²) in [6.45, 7) is 6.97. The van der Waals surface area contributed by atoms with Crippen molar-refractivity contribution in [3.8, 4) is 11.5 Å². The number of aliphatic hydroxyl groups excluding tert-OH is 1. The maximum Gasteiger partial charge on any atom is 0.231 e. The zero-order valence-corrected chi connectivity index (χ0v) is 10.5. The largest absolute Gasteiger partial charge is 0.454 e. The quantitative estimate of drug-likeness (QED) is 0.854. The summed E-state index contributed by atoms with van der Waals surface area (Å²) in [4.78, 5) is 0. The lowest BCUT2D eigenvalue weighted by atomic mass is 9.85. The second kappa shape index (κ2) is 3.16. The van der Waals surface area contributed by atoms with Crippen LogP contribution in [-0.4, -0.2) is 18.5 Å². The molecule has 0 saturated heterocycles. The number of rotatable bonds is 2. The molecule has 1 aliphatic heterocycles. The third-order valence-electron chi connectivity index (χ3n) is 4.42. The Kier molecular flexibility index (Phi) is 2.03. The molecular weight excluding hydrogens is 216 g/mol. The molecule has 1 aliphatic carbocycles. The first-order valence-corrected chi connectivity index (χ1v) is 6.02. The molecule has 92 valence electrons. The molecule has 1 aromatic rings. The second-order valence-corrected chi connectivity index (χ2v) is 5.82. The number of fused-ring (bicyclic) bond motifs is 1.